The van der Waals surface area contributed by atoms with E-state index in [9.17, 15) is 9.18 Å². The number of fused-ring (bicyclic) bond motifs is 1. The molecule has 4 rings (SSSR count). The Hall–Kier alpha value is -3.07. The van der Waals surface area contributed by atoms with Gasteiger partial charge in [0.15, 0.2) is 5.65 Å². The SMILES string of the molecule is Cc1ncnc2[nH]c([C@@H]3CN(C(=O)OCc4ccc(F)cc4)CCO3)nc12. The normalized spacial score (nSPS) is 17.3. The van der Waals surface area contributed by atoms with E-state index in [1.807, 2.05) is 6.92 Å². The van der Waals surface area contributed by atoms with Gasteiger partial charge >= 0.3 is 6.09 Å². The van der Waals surface area contributed by atoms with Crippen molar-refractivity contribution in [1.82, 2.24) is 24.8 Å². The van der Waals surface area contributed by atoms with Gasteiger partial charge in [-0.15, -0.1) is 0 Å². The molecule has 1 aromatic carbocycles. The number of imidazole rings is 1. The van der Waals surface area contributed by atoms with Gasteiger partial charge in [0.2, 0.25) is 0 Å². The molecule has 0 spiro atoms. The van der Waals surface area contributed by atoms with Gasteiger partial charge in [-0.3, -0.25) is 0 Å². The number of carbonyl (C=O) groups is 1. The molecule has 1 N–H and O–H groups in total. The van der Waals surface area contributed by atoms with Crippen molar-refractivity contribution >= 4 is 17.3 Å². The van der Waals surface area contributed by atoms with Gasteiger partial charge in [-0.25, -0.2) is 24.1 Å². The Balaban J connectivity index is 1.41. The van der Waals surface area contributed by atoms with E-state index in [1.165, 1.54) is 18.5 Å². The predicted octanol–water partition coefficient (Wildman–Crippen LogP) is 2.51. The molecule has 1 fully saturated rings. The molecule has 1 saturated heterocycles. The number of carbonyl (C=O) groups excluding carboxylic acids is 1. The van der Waals surface area contributed by atoms with Crippen LogP contribution in [0.15, 0.2) is 30.6 Å². The summed E-state index contributed by atoms with van der Waals surface area (Å²) in [6.07, 6.45) is 0.630. The lowest BCUT2D eigenvalue weighted by atomic mass is 10.2. The smallest absolute Gasteiger partial charge is 0.410 e. The average Bonchev–Trinajstić information content (AvgIpc) is 3.13. The first-order chi connectivity index (χ1) is 13.1. The zero-order valence-electron chi connectivity index (χ0n) is 14.7. The molecule has 1 aliphatic rings. The Morgan fingerprint density at radius 1 is 1.37 bits per heavy atom. The zero-order chi connectivity index (χ0) is 18.8. The van der Waals surface area contributed by atoms with Crippen LogP contribution in [0, 0.1) is 12.7 Å². The fourth-order valence-electron chi connectivity index (χ4n) is 2.91. The van der Waals surface area contributed by atoms with Crippen molar-refractivity contribution in [2.24, 2.45) is 0 Å². The highest BCUT2D eigenvalue weighted by molar-refractivity contribution is 5.72. The molecule has 27 heavy (non-hydrogen) atoms. The minimum Gasteiger partial charge on any atom is -0.445 e. The molecule has 1 aliphatic heterocycles. The van der Waals surface area contributed by atoms with E-state index in [2.05, 4.69) is 19.9 Å². The Kier molecular flexibility index (Phi) is 4.68. The Bertz CT molecular complexity index is 959. The molecule has 3 aromatic rings. The molecule has 0 saturated carbocycles. The molecule has 1 atom stereocenters. The van der Waals surface area contributed by atoms with Crippen LogP contribution in [0.5, 0.6) is 0 Å². The van der Waals surface area contributed by atoms with E-state index in [-0.39, 0.29) is 12.4 Å². The number of aryl methyl sites for hydroxylation is 1. The second-order valence-corrected chi connectivity index (χ2v) is 6.26. The first-order valence-electron chi connectivity index (χ1n) is 8.55. The fraction of sp³-hybridized carbons (Fsp3) is 0.333. The Morgan fingerprint density at radius 2 is 2.19 bits per heavy atom. The molecule has 3 heterocycles. The van der Waals surface area contributed by atoms with E-state index in [0.717, 1.165) is 11.3 Å². The quantitative estimate of drug-likeness (QED) is 0.760. The fourth-order valence-corrected chi connectivity index (χ4v) is 2.91. The lowest BCUT2D eigenvalue weighted by Crippen LogP contribution is -2.42. The van der Waals surface area contributed by atoms with Crippen LogP contribution in [0.4, 0.5) is 9.18 Å². The molecule has 2 aromatic heterocycles. The van der Waals surface area contributed by atoms with Crippen LogP contribution in [0.2, 0.25) is 0 Å². The van der Waals surface area contributed by atoms with Gasteiger partial charge in [0.05, 0.1) is 18.8 Å². The van der Waals surface area contributed by atoms with Crippen molar-refractivity contribution in [2.75, 3.05) is 19.7 Å². The summed E-state index contributed by atoms with van der Waals surface area (Å²) in [5.74, 6) is 0.275. The number of morpholine rings is 1. The summed E-state index contributed by atoms with van der Waals surface area (Å²) in [6.45, 7) is 3.06. The van der Waals surface area contributed by atoms with Crippen molar-refractivity contribution in [2.45, 2.75) is 19.6 Å². The number of amides is 1. The topological polar surface area (TPSA) is 93.2 Å². The Labute approximate surface area is 154 Å². The highest BCUT2D eigenvalue weighted by Gasteiger charge is 2.28. The summed E-state index contributed by atoms with van der Waals surface area (Å²) in [5.41, 5.74) is 2.82. The maximum Gasteiger partial charge on any atom is 0.410 e. The van der Waals surface area contributed by atoms with E-state index in [4.69, 9.17) is 9.47 Å². The zero-order valence-corrected chi connectivity index (χ0v) is 14.7. The summed E-state index contributed by atoms with van der Waals surface area (Å²) < 4.78 is 24.0. The number of hydrogen-bond acceptors (Lipinski definition) is 6. The maximum absolute atomic E-state index is 12.9. The highest BCUT2D eigenvalue weighted by atomic mass is 19.1. The van der Waals surface area contributed by atoms with Crippen molar-refractivity contribution < 1.29 is 18.7 Å². The number of rotatable bonds is 3. The second-order valence-electron chi connectivity index (χ2n) is 6.26. The number of halogens is 1. The minimum atomic E-state index is -0.445. The van der Waals surface area contributed by atoms with E-state index in [0.29, 0.717) is 36.7 Å². The number of hydrogen-bond donors (Lipinski definition) is 1. The van der Waals surface area contributed by atoms with Gasteiger partial charge < -0.3 is 19.4 Å². The van der Waals surface area contributed by atoms with Crippen molar-refractivity contribution in [1.29, 1.82) is 0 Å². The lowest BCUT2D eigenvalue weighted by molar-refractivity contribution is -0.0330. The maximum atomic E-state index is 12.9. The summed E-state index contributed by atoms with van der Waals surface area (Å²) in [4.78, 5) is 29.9. The molecule has 0 unspecified atom stereocenters. The lowest BCUT2D eigenvalue weighted by Gasteiger charge is -2.31. The average molecular weight is 371 g/mol. The number of nitrogens with zero attached hydrogens (tertiary/aromatic N) is 4. The van der Waals surface area contributed by atoms with Crippen LogP contribution in [-0.2, 0) is 16.1 Å². The van der Waals surface area contributed by atoms with E-state index < -0.39 is 12.2 Å². The van der Waals surface area contributed by atoms with Crippen molar-refractivity contribution in [3.05, 3.63) is 53.5 Å². The number of ether oxygens (including phenoxy) is 2. The third-order valence-corrected chi connectivity index (χ3v) is 4.39. The number of H-pyrrole nitrogens is 1. The van der Waals surface area contributed by atoms with Gasteiger partial charge in [0, 0.05) is 6.54 Å². The summed E-state index contributed by atoms with van der Waals surface area (Å²) in [6, 6.07) is 5.84. The molecule has 1 amide bonds. The first kappa shape index (κ1) is 17.3. The standard InChI is InChI=1S/C18H18FN5O3/c1-11-15-17(21-10-20-11)23-16(22-15)14-8-24(6-7-26-14)18(25)27-9-12-2-4-13(19)5-3-12/h2-5,10,14H,6-9H2,1H3,(H,20,21,22,23)/t14-/m0/s1. The second kappa shape index (κ2) is 7.28. The van der Waals surface area contributed by atoms with Crippen LogP contribution < -0.4 is 0 Å². The van der Waals surface area contributed by atoms with Crippen LogP contribution in [0.1, 0.15) is 23.2 Å². The van der Waals surface area contributed by atoms with Crippen LogP contribution in [0.25, 0.3) is 11.2 Å². The summed E-state index contributed by atoms with van der Waals surface area (Å²) in [5, 5.41) is 0. The minimum absolute atomic E-state index is 0.0839. The van der Waals surface area contributed by atoms with Crippen LogP contribution in [-0.4, -0.2) is 50.6 Å². The predicted molar refractivity (Wildman–Crippen MR) is 93.3 cm³/mol. The van der Waals surface area contributed by atoms with Crippen LogP contribution in [0.3, 0.4) is 0 Å². The van der Waals surface area contributed by atoms with Gasteiger partial charge in [-0.2, -0.15) is 0 Å². The Morgan fingerprint density at radius 3 is 2.96 bits per heavy atom. The van der Waals surface area contributed by atoms with E-state index in [1.54, 1.807) is 17.0 Å². The number of benzene rings is 1. The molecule has 9 heteroatoms. The summed E-state index contributed by atoms with van der Waals surface area (Å²) in [7, 11) is 0. The molecule has 0 aliphatic carbocycles. The molecule has 140 valence electrons. The third kappa shape index (κ3) is 3.72. The van der Waals surface area contributed by atoms with Gasteiger partial charge in [-0.1, -0.05) is 12.1 Å². The molecule has 0 bridgehead atoms. The van der Waals surface area contributed by atoms with Crippen molar-refractivity contribution in [3.63, 3.8) is 0 Å². The largest absolute Gasteiger partial charge is 0.445 e. The highest BCUT2D eigenvalue weighted by Crippen LogP contribution is 2.23. The van der Waals surface area contributed by atoms with Gasteiger partial charge in [0.25, 0.3) is 0 Å². The van der Waals surface area contributed by atoms with Crippen molar-refractivity contribution in [3.8, 4) is 0 Å². The number of aromatic amines is 1. The van der Waals surface area contributed by atoms with Gasteiger partial charge in [-0.05, 0) is 24.6 Å². The molecule has 8 nitrogen and oxygen atoms in total. The monoisotopic (exact) mass is 371 g/mol. The molecular formula is C18H18FN5O3. The number of nitrogens with one attached hydrogen (secondary N) is 1. The third-order valence-electron chi connectivity index (χ3n) is 4.39. The molecular weight excluding hydrogens is 353 g/mol. The van der Waals surface area contributed by atoms with E-state index >= 15 is 0 Å². The number of aromatic nitrogens is 4. The van der Waals surface area contributed by atoms with Gasteiger partial charge in [0.1, 0.15) is 36.2 Å². The van der Waals surface area contributed by atoms with Crippen LogP contribution >= 0.6 is 0 Å². The summed E-state index contributed by atoms with van der Waals surface area (Å²) >= 11 is 0. The first-order valence-corrected chi connectivity index (χ1v) is 8.55. The molecule has 0 radical (unpaired) electrons.